The van der Waals surface area contributed by atoms with Gasteiger partial charge in [0.25, 0.3) is 0 Å². The first kappa shape index (κ1) is 11.9. The predicted molar refractivity (Wildman–Crippen MR) is 63.4 cm³/mol. The molecule has 1 heterocycles. The molecule has 17 heavy (non-hydrogen) atoms. The molecule has 0 radical (unpaired) electrons. The van der Waals surface area contributed by atoms with Crippen LogP contribution in [-0.2, 0) is 16.1 Å². The normalized spacial score (nSPS) is 15.4. The van der Waals surface area contributed by atoms with E-state index in [1.54, 1.807) is 13.2 Å². The fraction of sp³-hybridized carbons (Fsp3) is 0.417. The SMILES string of the molecule is COc1ccc(COC2COC2)cc1C(=N)N. The van der Waals surface area contributed by atoms with Crippen LogP contribution in [0, 0.1) is 5.41 Å². The van der Waals surface area contributed by atoms with E-state index in [2.05, 4.69) is 0 Å². The van der Waals surface area contributed by atoms with E-state index in [0.29, 0.717) is 31.1 Å². The number of nitrogen functional groups attached to an aromatic ring is 1. The molecule has 0 aliphatic carbocycles. The highest BCUT2D eigenvalue weighted by atomic mass is 16.6. The largest absolute Gasteiger partial charge is 0.496 e. The summed E-state index contributed by atoms with van der Waals surface area (Å²) in [4.78, 5) is 0. The van der Waals surface area contributed by atoms with Gasteiger partial charge in [-0.1, -0.05) is 6.07 Å². The minimum Gasteiger partial charge on any atom is -0.496 e. The summed E-state index contributed by atoms with van der Waals surface area (Å²) in [7, 11) is 1.56. The first-order valence-corrected chi connectivity index (χ1v) is 5.41. The van der Waals surface area contributed by atoms with Gasteiger partial charge in [-0.15, -0.1) is 0 Å². The molecule has 1 fully saturated rings. The summed E-state index contributed by atoms with van der Waals surface area (Å²) in [5.74, 6) is 0.601. The maximum Gasteiger partial charge on any atom is 0.129 e. The van der Waals surface area contributed by atoms with Crippen molar-refractivity contribution in [2.75, 3.05) is 20.3 Å². The van der Waals surface area contributed by atoms with Crippen LogP contribution in [-0.4, -0.2) is 32.3 Å². The molecule has 0 unspecified atom stereocenters. The summed E-state index contributed by atoms with van der Waals surface area (Å²) in [6.45, 7) is 1.82. The van der Waals surface area contributed by atoms with Crippen molar-refractivity contribution >= 4 is 5.84 Å². The van der Waals surface area contributed by atoms with Crippen molar-refractivity contribution < 1.29 is 14.2 Å². The third-order valence-corrected chi connectivity index (χ3v) is 2.65. The number of methoxy groups -OCH3 is 1. The van der Waals surface area contributed by atoms with Crippen LogP contribution in [0.15, 0.2) is 18.2 Å². The smallest absolute Gasteiger partial charge is 0.129 e. The average Bonchev–Trinajstić information content (AvgIpc) is 2.26. The zero-order valence-corrected chi connectivity index (χ0v) is 9.73. The number of ether oxygens (including phenoxy) is 3. The lowest BCUT2D eigenvalue weighted by atomic mass is 10.1. The highest BCUT2D eigenvalue weighted by molar-refractivity contribution is 5.97. The Labute approximate surface area is 100.0 Å². The number of rotatable bonds is 5. The average molecular weight is 236 g/mol. The van der Waals surface area contributed by atoms with E-state index in [1.165, 1.54) is 0 Å². The van der Waals surface area contributed by atoms with E-state index in [4.69, 9.17) is 25.4 Å². The quantitative estimate of drug-likeness (QED) is 0.588. The molecule has 0 spiro atoms. The lowest BCUT2D eigenvalue weighted by molar-refractivity contribution is -0.135. The van der Waals surface area contributed by atoms with Gasteiger partial charge in [0, 0.05) is 0 Å². The van der Waals surface area contributed by atoms with Gasteiger partial charge in [0.2, 0.25) is 0 Å². The van der Waals surface area contributed by atoms with Crippen molar-refractivity contribution in [2.24, 2.45) is 5.73 Å². The van der Waals surface area contributed by atoms with Gasteiger partial charge in [-0.3, -0.25) is 5.41 Å². The number of amidine groups is 1. The molecule has 0 amide bonds. The maximum atomic E-state index is 7.48. The van der Waals surface area contributed by atoms with Gasteiger partial charge in [-0.25, -0.2) is 0 Å². The van der Waals surface area contributed by atoms with Crippen LogP contribution in [0.1, 0.15) is 11.1 Å². The minimum atomic E-state index is -0.00400. The standard InChI is InChI=1S/C12H16N2O3/c1-15-11-3-2-8(4-10(11)12(13)14)5-17-9-6-16-7-9/h2-4,9H,5-7H2,1H3,(H3,13,14). The highest BCUT2D eigenvalue weighted by Gasteiger charge is 2.18. The molecular formula is C12H16N2O3. The van der Waals surface area contributed by atoms with Gasteiger partial charge in [-0.05, 0) is 17.7 Å². The van der Waals surface area contributed by atoms with Crippen LogP contribution < -0.4 is 10.5 Å². The Bertz CT molecular complexity index is 416. The second kappa shape index (κ2) is 5.16. The van der Waals surface area contributed by atoms with Gasteiger partial charge in [0.05, 0.1) is 32.5 Å². The van der Waals surface area contributed by atoms with Gasteiger partial charge in [0.1, 0.15) is 17.7 Å². The summed E-state index contributed by atoms with van der Waals surface area (Å²) in [5.41, 5.74) is 7.07. The zero-order chi connectivity index (χ0) is 12.3. The molecule has 0 saturated carbocycles. The fourth-order valence-electron chi connectivity index (χ4n) is 1.58. The molecule has 1 aliphatic heterocycles. The Morgan fingerprint density at radius 1 is 1.53 bits per heavy atom. The summed E-state index contributed by atoms with van der Waals surface area (Å²) < 4.78 is 15.8. The van der Waals surface area contributed by atoms with Crippen LogP contribution in [0.3, 0.4) is 0 Å². The second-order valence-electron chi connectivity index (χ2n) is 3.92. The lowest BCUT2D eigenvalue weighted by Gasteiger charge is -2.26. The van der Waals surface area contributed by atoms with Gasteiger partial charge in [-0.2, -0.15) is 0 Å². The summed E-state index contributed by atoms with van der Waals surface area (Å²) in [6.07, 6.45) is 0.192. The van der Waals surface area contributed by atoms with Crippen LogP contribution in [0.2, 0.25) is 0 Å². The van der Waals surface area contributed by atoms with Gasteiger partial charge < -0.3 is 19.9 Å². The number of hydrogen-bond acceptors (Lipinski definition) is 4. The summed E-state index contributed by atoms with van der Waals surface area (Å²) in [5, 5.41) is 7.48. The van der Waals surface area contributed by atoms with E-state index in [9.17, 15) is 0 Å². The van der Waals surface area contributed by atoms with Crippen LogP contribution in [0.25, 0.3) is 0 Å². The fourth-order valence-corrected chi connectivity index (χ4v) is 1.58. The first-order valence-electron chi connectivity index (χ1n) is 5.41. The molecular weight excluding hydrogens is 220 g/mol. The van der Waals surface area contributed by atoms with Crippen LogP contribution in [0.4, 0.5) is 0 Å². The third-order valence-electron chi connectivity index (χ3n) is 2.65. The Balaban J connectivity index is 2.06. The van der Waals surface area contributed by atoms with E-state index in [-0.39, 0.29) is 11.9 Å². The first-order chi connectivity index (χ1) is 8.20. The molecule has 1 aliphatic rings. The lowest BCUT2D eigenvalue weighted by Crippen LogP contribution is -2.35. The van der Waals surface area contributed by atoms with Crippen molar-refractivity contribution in [3.63, 3.8) is 0 Å². The molecule has 5 heteroatoms. The number of benzene rings is 1. The molecule has 1 aromatic carbocycles. The Morgan fingerprint density at radius 3 is 2.82 bits per heavy atom. The van der Waals surface area contributed by atoms with Crippen LogP contribution in [0.5, 0.6) is 5.75 Å². The number of nitrogens with two attached hydrogens (primary N) is 1. The predicted octanol–water partition coefficient (Wildman–Crippen LogP) is 0.895. The minimum absolute atomic E-state index is 0.00400. The van der Waals surface area contributed by atoms with E-state index in [1.807, 2.05) is 12.1 Å². The van der Waals surface area contributed by atoms with Gasteiger partial charge >= 0.3 is 0 Å². The Kier molecular flexibility index (Phi) is 3.61. The van der Waals surface area contributed by atoms with E-state index >= 15 is 0 Å². The van der Waals surface area contributed by atoms with Crippen LogP contribution >= 0.6 is 0 Å². The van der Waals surface area contributed by atoms with E-state index < -0.39 is 0 Å². The maximum absolute atomic E-state index is 7.48. The molecule has 0 bridgehead atoms. The van der Waals surface area contributed by atoms with Crippen molar-refractivity contribution in [2.45, 2.75) is 12.7 Å². The third kappa shape index (κ3) is 2.75. The van der Waals surface area contributed by atoms with Crippen molar-refractivity contribution in [3.8, 4) is 5.75 Å². The topological polar surface area (TPSA) is 77.6 Å². The molecule has 0 aromatic heterocycles. The highest BCUT2D eigenvalue weighted by Crippen LogP contribution is 2.20. The van der Waals surface area contributed by atoms with E-state index in [0.717, 1.165) is 5.56 Å². The summed E-state index contributed by atoms with van der Waals surface area (Å²) in [6, 6.07) is 5.53. The molecule has 2 rings (SSSR count). The molecule has 3 N–H and O–H groups in total. The van der Waals surface area contributed by atoms with Crippen molar-refractivity contribution in [3.05, 3.63) is 29.3 Å². The molecule has 1 saturated heterocycles. The molecule has 0 atom stereocenters. The van der Waals surface area contributed by atoms with Crippen molar-refractivity contribution in [1.82, 2.24) is 0 Å². The molecule has 92 valence electrons. The Morgan fingerprint density at radius 2 is 2.29 bits per heavy atom. The molecule has 1 aromatic rings. The molecule has 5 nitrogen and oxygen atoms in total. The number of nitrogens with one attached hydrogen (secondary N) is 1. The zero-order valence-electron chi connectivity index (χ0n) is 9.73. The second-order valence-corrected chi connectivity index (χ2v) is 3.92. The van der Waals surface area contributed by atoms with Gasteiger partial charge in [0.15, 0.2) is 0 Å². The number of hydrogen-bond donors (Lipinski definition) is 2. The monoisotopic (exact) mass is 236 g/mol. The van der Waals surface area contributed by atoms with Crippen molar-refractivity contribution in [1.29, 1.82) is 5.41 Å². The Hall–Kier alpha value is -1.59. The summed E-state index contributed by atoms with van der Waals surface area (Å²) >= 11 is 0.